The molecular formula is C13H17N3O2. The van der Waals surface area contributed by atoms with Crippen LogP contribution in [-0.4, -0.2) is 30.6 Å². The van der Waals surface area contributed by atoms with Crippen molar-refractivity contribution in [1.29, 1.82) is 0 Å². The van der Waals surface area contributed by atoms with E-state index in [0.717, 1.165) is 43.5 Å². The van der Waals surface area contributed by atoms with Crippen LogP contribution in [0.4, 0.5) is 5.82 Å². The van der Waals surface area contributed by atoms with Gasteiger partial charge in [0.2, 0.25) is 0 Å². The van der Waals surface area contributed by atoms with Gasteiger partial charge >= 0.3 is 5.97 Å². The molecule has 2 aliphatic rings. The average Bonchev–Trinajstić information content (AvgIpc) is 3.21. The molecule has 5 nitrogen and oxygen atoms in total. The number of carbonyl (C=O) groups excluding carboxylic acids is 1. The molecule has 1 fully saturated rings. The third-order valence-corrected chi connectivity index (χ3v) is 3.45. The Morgan fingerprint density at radius 3 is 3.11 bits per heavy atom. The van der Waals surface area contributed by atoms with Gasteiger partial charge < -0.3 is 15.4 Å². The number of nitrogens with one attached hydrogen (secondary N) is 2. The van der Waals surface area contributed by atoms with E-state index in [1.807, 2.05) is 6.20 Å². The summed E-state index contributed by atoms with van der Waals surface area (Å²) in [6.07, 6.45) is 5.02. The van der Waals surface area contributed by atoms with Gasteiger partial charge in [-0.2, -0.15) is 0 Å². The predicted molar refractivity (Wildman–Crippen MR) is 67.6 cm³/mol. The molecular weight excluding hydrogens is 230 g/mol. The van der Waals surface area contributed by atoms with Gasteiger partial charge in [-0.05, 0) is 36.9 Å². The number of rotatable bonds is 3. The third kappa shape index (κ3) is 2.06. The van der Waals surface area contributed by atoms with E-state index < -0.39 is 0 Å². The minimum absolute atomic E-state index is 0.288. The minimum atomic E-state index is -0.288. The predicted octanol–water partition coefficient (Wildman–Crippen LogP) is 1.09. The molecule has 3 rings (SSSR count). The summed E-state index contributed by atoms with van der Waals surface area (Å²) in [5.74, 6) is 0.398. The first-order valence-electron chi connectivity index (χ1n) is 6.36. The lowest BCUT2D eigenvalue weighted by atomic mass is 9.97. The zero-order chi connectivity index (χ0) is 12.5. The zero-order valence-corrected chi connectivity index (χ0v) is 10.5. The molecule has 0 aromatic carbocycles. The fourth-order valence-corrected chi connectivity index (χ4v) is 2.32. The second kappa shape index (κ2) is 4.57. The van der Waals surface area contributed by atoms with Crippen molar-refractivity contribution in [3.05, 3.63) is 22.9 Å². The molecule has 1 aromatic heterocycles. The molecule has 5 heteroatoms. The van der Waals surface area contributed by atoms with Gasteiger partial charge in [0.1, 0.15) is 11.4 Å². The maximum absolute atomic E-state index is 12.0. The topological polar surface area (TPSA) is 63.2 Å². The number of hydrogen-bond donors (Lipinski definition) is 2. The van der Waals surface area contributed by atoms with Crippen LogP contribution in [0.15, 0.2) is 6.20 Å². The molecule has 0 atom stereocenters. The van der Waals surface area contributed by atoms with Crippen molar-refractivity contribution in [2.45, 2.75) is 31.8 Å². The van der Waals surface area contributed by atoms with Gasteiger partial charge in [-0.1, -0.05) is 0 Å². The summed E-state index contributed by atoms with van der Waals surface area (Å²) in [5, 5.41) is 6.60. The van der Waals surface area contributed by atoms with Crippen LogP contribution in [0.1, 0.15) is 34.3 Å². The number of hydrogen-bond acceptors (Lipinski definition) is 5. The maximum Gasteiger partial charge on any atom is 0.341 e. The van der Waals surface area contributed by atoms with Crippen molar-refractivity contribution < 1.29 is 9.53 Å². The van der Waals surface area contributed by atoms with Crippen LogP contribution in [0.5, 0.6) is 0 Å². The number of pyridine rings is 1. The normalized spacial score (nSPS) is 18.1. The monoisotopic (exact) mass is 247 g/mol. The van der Waals surface area contributed by atoms with Gasteiger partial charge in [-0.3, -0.25) is 0 Å². The number of anilines is 1. The van der Waals surface area contributed by atoms with Crippen LogP contribution in [0.25, 0.3) is 0 Å². The lowest BCUT2D eigenvalue weighted by molar-refractivity contribution is 0.0600. The van der Waals surface area contributed by atoms with Crippen LogP contribution in [0.2, 0.25) is 0 Å². The molecule has 0 amide bonds. The molecule has 2 N–H and O–H groups in total. The molecule has 18 heavy (non-hydrogen) atoms. The van der Waals surface area contributed by atoms with Crippen molar-refractivity contribution in [2.75, 3.05) is 19.0 Å². The quantitative estimate of drug-likeness (QED) is 0.783. The largest absolute Gasteiger partial charge is 0.465 e. The van der Waals surface area contributed by atoms with E-state index in [1.165, 1.54) is 7.11 Å². The molecule has 1 saturated carbocycles. The van der Waals surface area contributed by atoms with Gasteiger partial charge in [-0.15, -0.1) is 0 Å². The zero-order valence-electron chi connectivity index (χ0n) is 10.5. The average molecular weight is 247 g/mol. The van der Waals surface area contributed by atoms with E-state index in [2.05, 4.69) is 15.6 Å². The highest BCUT2D eigenvalue weighted by Gasteiger charge is 2.27. The summed E-state index contributed by atoms with van der Waals surface area (Å²) in [6.45, 7) is 1.67. The van der Waals surface area contributed by atoms with E-state index in [4.69, 9.17) is 4.74 Å². The van der Waals surface area contributed by atoms with Crippen LogP contribution in [0.3, 0.4) is 0 Å². The van der Waals surface area contributed by atoms with Crippen molar-refractivity contribution >= 4 is 11.8 Å². The van der Waals surface area contributed by atoms with Gasteiger partial charge in [0.15, 0.2) is 0 Å². The van der Waals surface area contributed by atoms with Gasteiger partial charge in [-0.25, -0.2) is 9.78 Å². The standard InChI is InChI=1S/C13H17N3O2/c1-18-13(17)11-10-4-5-14-6-8(10)7-15-12(11)16-9-2-3-9/h7,9,14H,2-6H2,1H3,(H,15,16). The highest BCUT2D eigenvalue weighted by atomic mass is 16.5. The van der Waals surface area contributed by atoms with Gasteiger partial charge in [0, 0.05) is 18.8 Å². The van der Waals surface area contributed by atoms with Crippen molar-refractivity contribution in [3.8, 4) is 0 Å². The van der Waals surface area contributed by atoms with Gasteiger partial charge in [0.25, 0.3) is 0 Å². The summed E-state index contributed by atoms with van der Waals surface area (Å²) in [6, 6.07) is 0.473. The molecule has 1 aliphatic heterocycles. The summed E-state index contributed by atoms with van der Waals surface area (Å²) < 4.78 is 4.91. The first-order chi connectivity index (χ1) is 8.79. The summed E-state index contributed by atoms with van der Waals surface area (Å²) in [5.41, 5.74) is 2.81. The Bertz CT molecular complexity index is 483. The Morgan fingerprint density at radius 2 is 2.39 bits per heavy atom. The highest BCUT2D eigenvalue weighted by Crippen LogP contribution is 2.29. The van der Waals surface area contributed by atoms with Crippen LogP contribution < -0.4 is 10.6 Å². The first kappa shape index (κ1) is 11.5. The highest BCUT2D eigenvalue weighted by molar-refractivity contribution is 5.96. The number of esters is 1. The Kier molecular flexibility index (Phi) is 2.91. The lowest BCUT2D eigenvalue weighted by Crippen LogP contribution is -2.27. The van der Waals surface area contributed by atoms with E-state index in [0.29, 0.717) is 17.4 Å². The molecule has 0 spiro atoms. The van der Waals surface area contributed by atoms with Crippen molar-refractivity contribution in [2.24, 2.45) is 0 Å². The Hall–Kier alpha value is -1.62. The smallest absolute Gasteiger partial charge is 0.341 e. The molecule has 0 bridgehead atoms. The summed E-state index contributed by atoms with van der Waals surface area (Å²) >= 11 is 0. The number of aromatic nitrogens is 1. The van der Waals surface area contributed by atoms with E-state index >= 15 is 0 Å². The summed E-state index contributed by atoms with van der Waals surface area (Å²) in [7, 11) is 1.42. The van der Waals surface area contributed by atoms with Crippen molar-refractivity contribution in [3.63, 3.8) is 0 Å². The number of fused-ring (bicyclic) bond motifs is 1. The Labute approximate surface area is 106 Å². The molecule has 1 aromatic rings. The van der Waals surface area contributed by atoms with Crippen LogP contribution >= 0.6 is 0 Å². The third-order valence-electron chi connectivity index (χ3n) is 3.45. The van der Waals surface area contributed by atoms with E-state index in [1.54, 1.807) is 0 Å². The number of methoxy groups -OCH3 is 1. The van der Waals surface area contributed by atoms with Crippen LogP contribution in [-0.2, 0) is 17.7 Å². The van der Waals surface area contributed by atoms with E-state index in [9.17, 15) is 4.79 Å². The maximum atomic E-state index is 12.0. The molecule has 1 aliphatic carbocycles. The van der Waals surface area contributed by atoms with Crippen molar-refractivity contribution in [1.82, 2.24) is 10.3 Å². The second-order valence-electron chi connectivity index (χ2n) is 4.82. The molecule has 2 heterocycles. The number of ether oxygens (including phenoxy) is 1. The molecule has 0 radical (unpaired) electrons. The van der Waals surface area contributed by atoms with E-state index in [-0.39, 0.29) is 5.97 Å². The van der Waals surface area contributed by atoms with Crippen LogP contribution in [0, 0.1) is 0 Å². The number of carbonyl (C=O) groups is 1. The lowest BCUT2D eigenvalue weighted by Gasteiger charge is -2.21. The first-order valence-corrected chi connectivity index (χ1v) is 6.36. The fourth-order valence-electron chi connectivity index (χ4n) is 2.32. The second-order valence-corrected chi connectivity index (χ2v) is 4.82. The molecule has 0 unspecified atom stereocenters. The Morgan fingerprint density at radius 1 is 1.56 bits per heavy atom. The SMILES string of the molecule is COC(=O)c1c(NC2CC2)ncc2c1CCNC2. The fraction of sp³-hybridized carbons (Fsp3) is 0.538. The number of nitrogens with zero attached hydrogens (tertiary/aromatic N) is 1. The molecule has 0 saturated heterocycles. The summed E-state index contributed by atoms with van der Waals surface area (Å²) in [4.78, 5) is 16.4. The Balaban J connectivity index is 2.04. The minimum Gasteiger partial charge on any atom is -0.465 e. The molecule has 96 valence electrons. The van der Waals surface area contributed by atoms with Gasteiger partial charge in [0.05, 0.1) is 7.11 Å².